The number of halogens is 1. The maximum absolute atomic E-state index is 14.5. The van der Waals surface area contributed by atoms with Gasteiger partial charge >= 0.3 is 0 Å². The van der Waals surface area contributed by atoms with Gasteiger partial charge in [-0.15, -0.1) is 5.10 Å². The fraction of sp³-hybridized carbons (Fsp3) is 0.316. The number of hydrogen-bond acceptors (Lipinski definition) is 4. The largest absolute Gasteiger partial charge is 0.283 e. The van der Waals surface area contributed by atoms with Gasteiger partial charge in [0.05, 0.1) is 12.6 Å². The van der Waals surface area contributed by atoms with E-state index in [1.54, 1.807) is 13.0 Å². The molecule has 128 valence electrons. The maximum Gasteiger partial charge on any atom is 0.173 e. The smallest absolute Gasteiger partial charge is 0.173 e. The summed E-state index contributed by atoms with van der Waals surface area (Å²) in [5.41, 5.74) is 3.70. The van der Waals surface area contributed by atoms with Gasteiger partial charge in [0.2, 0.25) is 0 Å². The average molecular weight is 337 g/mol. The van der Waals surface area contributed by atoms with Gasteiger partial charge in [-0.25, -0.2) is 9.07 Å². The van der Waals surface area contributed by atoms with Crippen molar-refractivity contribution in [3.63, 3.8) is 0 Å². The number of tetrazole rings is 1. The number of hydrogen-bond donors (Lipinski definition) is 0. The molecule has 0 fully saturated rings. The fourth-order valence-corrected chi connectivity index (χ4v) is 3.41. The monoisotopic (exact) mass is 337 g/mol. The zero-order chi connectivity index (χ0) is 17.4. The first-order valence-corrected chi connectivity index (χ1v) is 8.44. The highest BCUT2D eigenvalue weighted by Crippen LogP contribution is 2.32. The van der Waals surface area contributed by atoms with Gasteiger partial charge < -0.3 is 0 Å². The van der Waals surface area contributed by atoms with Crippen molar-refractivity contribution in [2.45, 2.75) is 33.0 Å². The third-order valence-electron chi connectivity index (χ3n) is 4.81. The molecule has 4 rings (SSSR count). The number of aromatic nitrogens is 4. The predicted molar refractivity (Wildman–Crippen MR) is 92.4 cm³/mol. The Hall–Kier alpha value is -2.60. The van der Waals surface area contributed by atoms with Gasteiger partial charge in [0.1, 0.15) is 5.82 Å². The number of fused-ring (bicyclic) bond motifs is 1. The van der Waals surface area contributed by atoms with Crippen molar-refractivity contribution in [2.24, 2.45) is 0 Å². The van der Waals surface area contributed by atoms with Gasteiger partial charge in [-0.05, 0) is 35.4 Å². The highest BCUT2D eigenvalue weighted by Gasteiger charge is 2.32. The van der Waals surface area contributed by atoms with Crippen LogP contribution in [0, 0.1) is 19.7 Å². The Bertz CT molecular complexity index is 887. The Morgan fingerprint density at radius 2 is 1.88 bits per heavy atom. The van der Waals surface area contributed by atoms with E-state index in [-0.39, 0.29) is 11.9 Å². The minimum absolute atomic E-state index is 0.0794. The van der Waals surface area contributed by atoms with Gasteiger partial charge in [-0.1, -0.05) is 48.0 Å². The highest BCUT2D eigenvalue weighted by atomic mass is 19.1. The van der Waals surface area contributed by atoms with Crippen LogP contribution in [-0.4, -0.2) is 31.7 Å². The molecule has 0 N–H and O–H groups in total. The quantitative estimate of drug-likeness (QED) is 0.737. The normalized spacial score (nSPS) is 17.5. The second-order valence-electron chi connectivity index (χ2n) is 6.59. The van der Waals surface area contributed by atoms with Crippen LogP contribution in [0.2, 0.25) is 0 Å². The third-order valence-corrected chi connectivity index (χ3v) is 4.81. The Morgan fingerprint density at radius 1 is 1.08 bits per heavy atom. The summed E-state index contributed by atoms with van der Waals surface area (Å²) >= 11 is 0. The lowest BCUT2D eigenvalue weighted by Gasteiger charge is -2.35. The number of nitrogens with zero attached hydrogens (tertiary/aromatic N) is 5. The molecule has 0 saturated carbocycles. The van der Waals surface area contributed by atoms with Crippen LogP contribution in [0.3, 0.4) is 0 Å². The molecule has 25 heavy (non-hydrogen) atoms. The van der Waals surface area contributed by atoms with E-state index in [2.05, 4.69) is 51.6 Å². The van der Waals surface area contributed by atoms with Gasteiger partial charge in [-0.2, -0.15) is 0 Å². The summed E-state index contributed by atoms with van der Waals surface area (Å²) in [4.78, 5) is 2.24. The summed E-state index contributed by atoms with van der Waals surface area (Å²) in [6.07, 6.45) is 0. The molecule has 2 aromatic carbocycles. The predicted octanol–water partition coefficient (Wildman–Crippen LogP) is 3.03. The van der Waals surface area contributed by atoms with Crippen LogP contribution in [0.1, 0.15) is 34.1 Å². The summed E-state index contributed by atoms with van der Waals surface area (Å²) < 4.78 is 16.3. The molecular formula is C19H20FN5. The Balaban J connectivity index is 1.73. The topological polar surface area (TPSA) is 46.8 Å². The lowest BCUT2D eigenvalue weighted by molar-refractivity contribution is 0.162. The Kier molecular flexibility index (Phi) is 4.05. The van der Waals surface area contributed by atoms with E-state index >= 15 is 0 Å². The van der Waals surface area contributed by atoms with Gasteiger partial charge in [-0.3, -0.25) is 4.90 Å². The lowest BCUT2D eigenvalue weighted by atomic mass is 10.00. The molecule has 0 spiro atoms. The van der Waals surface area contributed by atoms with Gasteiger partial charge in [0, 0.05) is 18.7 Å². The summed E-state index contributed by atoms with van der Waals surface area (Å²) in [5.74, 6) is 0.679. The van der Waals surface area contributed by atoms with E-state index in [0.717, 1.165) is 17.9 Å². The average Bonchev–Trinajstić information content (AvgIpc) is 3.08. The van der Waals surface area contributed by atoms with Gasteiger partial charge in [0.25, 0.3) is 0 Å². The molecular weight excluding hydrogens is 317 g/mol. The van der Waals surface area contributed by atoms with Crippen LogP contribution < -0.4 is 0 Å². The summed E-state index contributed by atoms with van der Waals surface area (Å²) in [7, 11) is 0. The molecule has 1 unspecified atom stereocenters. The second-order valence-corrected chi connectivity index (χ2v) is 6.59. The minimum atomic E-state index is -0.129. The first kappa shape index (κ1) is 15.9. The van der Waals surface area contributed by atoms with Crippen LogP contribution >= 0.6 is 0 Å². The third kappa shape index (κ3) is 2.93. The zero-order valence-electron chi connectivity index (χ0n) is 14.4. The van der Waals surface area contributed by atoms with Crippen LogP contribution in [0.15, 0.2) is 42.5 Å². The molecule has 1 atom stereocenters. The van der Waals surface area contributed by atoms with Crippen LogP contribution in [-0.2, 0) is 13.1 Å². The number of aryl methyl sites for hydroxylation is 2. The van der Waals surface area contributed by atoms with E-state index in [1.807, 2.05) is 16.8 Å². The van der Waals surface area contributed by atoms with E-state index in [4.69, 9.17) is 0 Å². The molecule has 3 aromatic rings. The van der Waals surface area contributed by atoms with E-state index in [1.165, 1.54) is 5.56 Å². The van der Waals surface area contributed by atoms with Crippen LogP contribution in [0.5, 0.6) is 0 Å². The maximum atomic E-state index is 14.5. The van der Waals surface area contributed by atoms with Crippen molar-refractivity contribution < 1.29 is 4.39 Å². The second kappa shape index (κ2) is 6.37. The van der Waals surface area contributed by atoms with Crippen molar-refractivity contribution in [1.82, 2.24) is 25.1 Å². The first-order chi connectivity index (χ1) is 12.1. The molecule has 6 heteroatoms. The SMILES string of the molecule is Cc1ccc(C2c3nnnn3CCN2Cc2cccc(C)c2F)cc1. The molecule has 5 nitrogen and oxygen atoms in total. The van der Waals surface area contributed by atoms with E-state index in [9.17, 15) is 4.39 Å². The molecule has 2 heterocycles. The van der Waals surface area contributed by atoms with Crippen molar-refractivity contribution in [3.05, 3.63) is 76.4 Å². The fourth-order valence-electron chi connectivity index (χ4n) is 3.41. The minimum Gasteiger partial charge on any atom is -0.283 e. The zero-order valence-corrected chi connectivity index (χ0v) is 14.4. The molecule has 0 radical (unpaired) electrons. The van der Waals surface area contributed by atoms with Crippen molar-refractivity contribution in [1.29, 1.82) is 0 Å². The van der Waals surface area contributed by atoms with Crippen LogP contribution in [0.4, 0.5) is 4.39 Å². The number of benzene rings is 2. The summed E-state index contributed by atoms with van der Waals surface area (Å²) in [6, 6.07) is 13.9. The van der Waals surface area contributed by atoms with Crippen LogP contribution in [0.25, 0.3) is 0 Å². The standard InChI is InChI=1S/C19H20FN5/c1-13-6-8-15(9-7-13)18-19-21-22-23-25(19)11-10-24(18)12-16-5-3-4-14(2)17(16)20/h3-9,18H,10-12H2,1-2H3. The van der Waals surface area contributed by atoms with E-state index in [0.29, 0.717) is 24.2 Å². The molecule has 0 saturated heterocycles. The summed E-state index contributed by atoms with van der Waals surface area (Å²) in [5, 5.41) is 12.1. The molecule has 1 aromatic heterocycles. The Labute approximate surface area is 146 Å². The molecule has 1 aliphatic heterocycles. The summed E-state index contributed by atoms with van der Waals surface area (Å²) in [6.45, 7) is 5.86. The van der Waals surface area contributed by atoms with E-state index < -0.39 is 0 Å². The molecule has 0 amide bonds. The first-order valence-electron chi connectivity index (χ1n) is 8.44. The van der Waals surface area contributed by atoms with Crippen molar-refractivity contribution in [2.75, 3.05) is 6.54 Å². The molecule has 1 aliphatic rings. The molecule has 0 aliphatic carbocycles. The number of rotatable bonds is 3. The Morgan fingerprint density at radius 3 is 2.68 bits per heavy atom. The highest BCUT2D eigenvalue weighted by molar-refractivity contribution is 5.30. The van der Waals surface area contributed by atoms with Gasteiger partial charge in [0.15, 0.2) is 5.82 Å². The lowest BCUT2D eigenvalue weighted by Crippen LogP contribution is -2.39. The molecule has 0 bridgehead atoms. The van der Waals surface area contributed by atoms with Crippen molar-refractivity contribution >= 4 is 0 Å². The van der Waals surface area contributed by atoms with Crippen molar-refractivity contribution in [3.8, 4) is 0 Å².